The fourth-order valence-electron chi connectivity index (χ4n) is 1.22. The number of rotatable bonds is 4. The highest BCUT2D eigenvalue weighted by Gasteiger charge is 2.10. The number of carbonyl (C=O) groups excluding carboxylic acids is 2. The molecule has 0 aliphatic heterocycles. The number of hydrogen-bond donors (Lipinski definition) is 1. The molecule has 1 N–H and O–H groups in total. The molecule has 0 spiro atoms. The second-order valence-electron chi connectivity index (χ2n) is 3.49. The zero-order valence-electron chi connectivity index (χ0n) is 9.75. The van der Waals surface area contributed by atoms with E-state index in [1.165, 1.54) is 0 Å². The first-order chi connectivity index (χ1) is 8.02. The molecule has 0 radical (unpaired) electrons. The first kappa shape index (κ1) is 13.7. The highest BCUT2D eigenvalue weighted by Crippen LogP contribution is 2.20. The first-order valence-electron chi connectivity index (χ1n) is 5.24. The summed E-state index contributed by atoms with van der Waals surface area (Å²) in [4.78, 5) is 22.5. The number of carbonyl (C=O) groups is 2. The summed E-state index contributed by atoms with van der Waals surface area (Å²) in [5, 5.41) is 2.63. The molecule has 17 heavy (non-hydrogen) atoms. The van der Waals surface area contributed by atoms with Crippen LogP contribution in [0.3, 0.4) is 0 Å². The molecule has 1 amide bonds. The summed E-state index contributed by atoms with van der Waals surface area (Å²) in [6.07, 6.45) is -0.265. The number of benzene rings is 1. The Morgan fingerprint density at radius 3 is 2.71 bits per heavy atom. The standard InChI is InChI=1S/C12H14BrNO3/c1-3-17-12(16)7-11(15)14-9-5-4-8(2)10(13)6-9/h4-6H,3,7H2,1-2H3,(H,14,15). The third-order valence-corrected chi connectivity index (χ3v) is 2.92. The summed E-state index contributed by atoms with van der Waals surface area (Å²) in [5.74, 6) is -0.893. The fraction of sp³-hybridized carbons (Fsp3) is 0.333. The minimum absolute atomic E-state index is 0.265. The lowest BCUT2D eigenvalue weighted by Gasteiger charge is -2.06. The van der Waals surface area contributed by atoms with Crippen LogP contribution in [0.4, 0.5) is 5.69 Å². The maximum Gasteiger partial charge on any atom is 0.315 e. The minimum Gasteiger partial charge on any atom is -0.466 e. The summed E-state index contributed by atoms with van der Waals surface area (Å²) in [5.41, 5.74) is 1.73. The number of amides is 1. The van der Waals surface area contributed by atoms with Crippen molar-refractivity contribution in [1.82, 2.24) is 0 Å². The quantitative estimate of drug-likeness (QED) is 0.687. The van der Waals surface area contributed by atoms with E-state index in [9.17, 15) is 9.59 Å². The number of halogens is 1. The van der Waals surface area contributed by atoms with Crippen molar-refractivity contribution in [2.24, 2.45) is 0 Å². The highest BCUT2D eigenvalue weighted by atomic mass is 79.9. The average Bonchev–Trinajstić information content (AvgIpc) is 2.23. The maximum atomic E-state index is 11.5. The molecule has 0 unspecified atom stereocenters. The van der Waals surface area contributed by atoms with E-state index in [-0.39, 0.29) is 18.9 Å². The van der Waals surface area contributed by atoms with Gasteiger partial charge in [-0.15, -0.1) is 0 Å². The van der Waals surface area contributed by atoms with Crippen LogP contribution in [0.1, 0.15) is 18.9 Å². The molecule has 0 saturated carbocycles. The molecule has 0 aliphatic carbocycles. The summed E-state index contributed by atoms with van der Waals surface area (Å²) >= 11 is 3.37. The smallest absolute Gasteiger partial charge is 0.315 e. The summed E-state index contributed by atoms with van der Waals surface area (Å²) in [6.45, 7) is 3.93. The van der Waals surface area contributed by atoms with Crippen LogP contribution in [0.25, 0.3) is 0 Å². The lowest BCUT2D eigenvalue weighted by atomic mass is 10.2. The van der Waals surface area contributed by atoms with E-state index in [4.69, 9.17) is 0 Å². The Balaban J connectivity index is 2.56. The van der Waals surface area contributed by atoms with Crippen molar-refractivity contribution < 1.29 is 14.3 Å². The van der Waals surface area contributed by atoms with Gasteiger partial charge < -0.3 is 10.1 Å². The number of esters is 1. The van der Waals surface area contributed by atoms with Gasteiger partial charge in [0.1, 0.15) is 6.42 Å². The lowest BCUT2D eigenvalue weighted by molar-refractivity contribution is -0.145. The average molecular weight is 300 g/mol. The number of anilines is 1. The Morgan fingerprint density at radius 2 is 2.12 bits per heavy atom. The Morgan fingerprint density at radius 1 is 1.41 bits per heavy atom. The first-order valence-corrected chi connectivity index (χ1v) is 6.04. The van der Waals surface area contributed by atoms with Crippen LogP contribution in [0.15, 0.2) is 22.7 Å². The van der Waals surface area contributed by atoms with Gasteiger partial charge in [-0.3, -0.25) is 9.59 Å². The van der Waals surface area contributed by atoms with E-state index in [1.54, 1.807) is 19.1 Å². The number of nitrogens with one attached hydrogen (secondary N) is 1. The molecular weight excluding hydrogens is 286 g/mol. The van der Waals surface area contributed by atoms with Crippen LogP contribution in [0, 0.1) is 6.92 Å². The van der Waals surface area contributed by atoms with Gasteiger partial charge in [-0.1, -0.05) is 22.0 Å². The monoisotopic (exact) mass is 299 g/mol. The molecule has 0 fully saturated rings. The molecule has 1 aromatic carbocycles. The van der Waals surface area contributed by atoms with E-state index in [0.29, 0.717) is 5.69 Å². The Labute approximate surface area is 108 Å². The van der Waals surface area contributed by atoms with Crippen LogP contribution in [0.5, 0.6) is 0 Å². The van der Waals surface area contributed by atoms with Crippen LogP contribution in [-0.2, 0) is 14.3 Å². The molecular formula is C12H14BrNO3. The SMILES string of the molecule is CCOC(=O)CC(=O)Nc1ccc(C)c(Br)c1. The molecule has 92 valence electrons. The van der Waals surface area contributed by atoms with Crippen LogP contribution < -0.4 is 5.32 Å². The topological polar surface area (TPSA) is 55.4 Å². The van der Waals surface area contributed by atoms with Gasteiger partial charge in [-0.05, 0) is 31.5 Å². The molecule has 5 heteroatoms. The van der Waals surface area contributed by atoms with Crippen LogP contribution in [0.2, 0.25) is 0 Å². The van der Waals surface area contributed by atoms with E-state index in [0.717, 1.165) is 10.0 Å². The third-order valence-electron chi connectivity index (χ3n) is 2.07. The van der Waals surface area contributed by atoms with Crippen molar-refractivity contribution in [1.29, 1.82) is 0 Å². The maximum absolute atomic E-state index is 11.5. The van der Waals surface area contributed by atoms with Crippen molar-refractivity contribution in [3.05, 3.63) is 28.2 Å². The van der Waals surface area contributed by atoms with Gasteiger partial charge in [-0.25, -0.2) is 0 Å². The summed E-state index contributed by atoms with van der Waals surface area (Å²) < 4.78 is 5.59. The molecule has 0 aromatic heterocycles. The van der Waals surface area contributed by atoms with Crippen LogP contribution in [-0.4, -0.2) is 18.5 Å². The molecule has 1 aromatic rings. The molecule has 0 saturated heterocycles. The van der Waals surface area contributed by atoms with Gasteiger partial charge in [0.05, 0.1) is 6.61 Å². The fourth-order valence-corrected chi connectivity index (χ4v) is 1.60. The number of hydrogen-bond acceptors (Lipinski definition) is 3. The number of ether oxygens (including phenoxy) is 1. The lowest BCUT2D eigenvalue weighted by Crippen LogP contribution is -2.18. The van der Waals surface area contributed by atoms with E-state index < -0.39 is 5.97 Å². The second kappa shape index (κ2) is 6.39. The van der Waals surface area contributed by atoms with Crippen molar-refractivity contribution in [3.8, 4) is 0 Å². The van der Waals surface area contributed by atoms with Crippen molar-refractivity contribution in [2.75, 3.05) is 11.9 Å². The van der Waals surface area contributed by atoms with Gasteiger partial charge in [0, 0.05) is 10.2 Å². The minimum atomic E-state index is -0.517. The Kier molecular flexibility index (Phi) is 5.15. The molecule has 0 atom stereocenters. The van der Waals surface area contributed by atoms with Gasteiger partial charge >= 0.3 is 5.97 Å². The van der Waals surface area contributed by atoms with Gasteiger partial charge in [0.15, 0.2) is 0 Å². The predicted molar refractivity (Wildman–Crippen MR) is 68.8 cm³/mol. The van der Waals surface area contributed by atoms with Crippen molar-refractivity contribution >= 4 is 33.5 Å². The number of aryl methyl sites for hydroxylation is 1. The van der Waals surface area contributed by atoms with Gasteiger partial charge in [0.2, 0.25) is 5.91 Å². The highest BCUT2D eigenvalue weighted by molar-refractivity contribution is 9.10. The second-order valence-corrected chi connectivity index (χ2v) is 4.35. The van der Waals surface area contributed by atoms with Gasteiger partial charge in [-0.2, -0.15) is 0 Å². The zero-order chi connectivity index (χ0) is 12.8. The molecule has 1 rings (SSSR count). The largest absolute Gasteiger partial charge is 0.466 e. The summed E-state index contributed by atoms with van der Waals surface area (Å²) in [6, 6.07) is 5.45. The predicted octanol–water partition coefficient (Wildman–Crippen LogP) is 2.65. The van der Waals surface area contributed by atoms with E-state index in [2.05, 4.69) is 26.0 Å². The summed E-state index contributed by atoms with van der Waals surface area (Å²) in [7, 11) is 0. The molecule has 0 heterocycles. The van der Waals surface area contributed by atoms with Crippen LogP contribution >= 0.6 is 15.9 Å². The van der Waals surface area contributed by atoms with Crippen molar-refractivity contribution in [3.63, 3.8) is 0 Å². The third kappa shape index (κ3) is 4.56. The van der Waals surface area contributed by atoms with E-state index >= 15 is 0 Å². The molecule has 0 bridgehead atoms. The van der Waals surface area contributed by atoms with Crippen molar-refractivity contribution in [2.45, 2.75) is 20.3 Å². The Bertz CT molecular complexity index is 432. The Hall–Kier alpha value is -1.36. The van der Waals surface area contributed by atoms with E-state index in [1.807, 2.05) is 13.0 Å². The van der Waals surface area contributed by atoms with Gasteiger partial charge in [0.25, 0.3) is 0 Å². The zero-order valence-corrected chi connectivity index (χ0v) is 11.3. The molecule has 4 nitrogen and oxygen atoms in total. The normalized spacial score (nSPS) is 9.82. The molecule has 0 aliphatic rings.